The lowest BCUT2D eigenvalue weighted by molar-refractivity contribution is 0.860. The third-order valence-electron chi connectivity index (χ3n) is 10.9. The van der Waals surface area contributed by atoms with Crippen molar-refractivity contribution in [3.05, 3.63) is 235 Å². The van der Waals surface area contributed by atoms with Crippen LogP contribution in [-0.4, -0.2) is 24.9 Å². The molecule has 0 saturated carbocycles. The zero-order chi connectivity index (χ0) is 40.1. The maximum absolute atomic E-state index is 5.35. The molecule has 2 aromatic heterocycles. The van der Waals surface area contributed by atoms with Crippen LogP contribution in [0.25, 0.3) is 79.0 Å². The van der Waals surface area contributed by atoms with Gasteiger partial charge in [-0.15, -0.1) is 0 Å². The highest BCUT2D eigenvalue weighted by Crippen LogP contribution is 2.40. The number of hydrogen-bond acceptors (Lipinski definition) is 5. The predicted molar refractivity (Wildman–Crippen MR) is 244 cm³/mol. The molecule has 0 bridgehead atoms. The van der Waals surface area contributed by atoms with Crippen molar-refractivity contribution >= 4 is 11.1 Å². The van der Waals surface area contributed by atoms with E-state index in [1.807, 2.05) is 66.7 Å². The number of rotatable bonds is 9. The van der Waals surface area contributed by atoms with Gasteiger partial charge < -0.3 is 0 Å². The summed E-state index contributed by atoms with van der Waals surface area (Å²) < 4.78 is 0. The lowest BCUT2D eigenvalue weighted by atomic mass is 9.83. The Bertz CT molecular complexity index is 2920. The van der Waals surface area contributed by atoms with Crippen LogP contribution in [0.4, 0.5) is 0 Å². The van der Waals surface area contributed by atoms with Gasteiger partial charge in [0, 0.05) is 33.7 Å². The van der Waals surface area contributed by atoms with Crippen molar-refractivity contribution in [1.29, 1.82) is 0 Å². The molecular formula is C55H39N5. The molecule has 60 heavy (non-hydrogen) atoms. The first-order valence-corrected chi connectivity index (χ1v) is 20.3. The van der Waals surface area contributed by atoms with Crippen molar-refractivity contribution in [3.63, 3.8) is 0 Å². The molecule has 10 rings (SSSR count). The van der Waals surface area contributed by atoms with E-state index >= 15 is 0 Å². The van der Waals surface area contributed by atoms with E-state index in [-0.39, 0.29) is 5.92 Å². The number of hydrogen-bond donors (Lipinski definition) is 0. The number of allylic oxidation sites excluding steroid dienone is 4. The molecule has 0 N–H and O–H groups in total. The summed E-state index contributed by atoms with van der Waals surface area (Å²) in [6.45, 7) is 0. The monoisotopic (exact) mass is 769 g/mol. The Morgan fingerprint density at radius 3 is 1.30 bits per heavy atom. The van der Waals surface area contributed by atoms with E-state index in [9.17, 15) is 0 Å². The highest BCUT2D eigenvalue weighted by Gasteiger charge is 2.22. The van der Waals surface area contributed by atoms with Gasteiger partial charge in [-0.05, 0) is 64.1 Å². The molecule has 1 aliphatic carbocycles. The first kappa shape index (κ1) is 36.5. The molecule has 1 aliphatic rings. The van der Waals surface area contributed by atoms with Gasteiger partial charge in [0.15, 0.2) is 23.3 Å². The van der Waals surface area contributed by atoms with Crippen LogP contribution in [0.15, 0.2) is 218 Å². The van der Waals surface area contributed by atoms with Crippen molar-refractivity contribution in [2.24, 2.45) is 0 Å². The van der Waals surface area contributed by atoms with Crippen molar-refractivity contribution in [2.75, 3.05) is 0 Å². The van der Waals surface area contributed by atoms with Gasteiger partial charge in [0.1, 0.15) is 0 Å². The average Bonchev–Trinajstić information content (AvgIpc) is 3.35. The first-order chi connectivity index (χ1) is 29.7. The molecule has 0 saturated heterocycles. The van der Waals surface area contributed by atoms with E-state index in [1.165, 1.54) is 16.7 Å². The number of aromatic nitrogens is 5. The second-order valence-corrected chi connectivity index (χ2v) is 14.9. The summed E-state index contributed by atoms with van der Waals surface area (Å²) in [5.74, 6) is 2.80. The highest BCUT2D eigenvalue weighted by atomic mass is 15.0. The Morgan fingerprint density at radius 2 is 0.733 bits per heavy atom. The van der Waals surface area contributed by atoms with E-state index in [0.29, 0.717) is 17.5 Å². The Hall–Kier alpha value is -7.89. The van der Waals surface area contributed by atoms with Crippen LogP contribution in [0.2, 0.25) is 0 Å². The maximum Gasteiger partial charge on any atom is 0.164 e. The summed E-state index contributed by atoms with van der Waals surface area (Å²) in [5.41, 5.74) is 13.4. The summed E-state index contributed by atoms with van der Waals surface area (Å²) >= 11 is 0. The van der Waals surface area contributed by atoms with E-state index in [4.69, 9.17) is 24.9 Å². The lowest BCUT2D eigenvalue weighted by Crippen LogP contribution is -2.07. The smallest absolute Gasteiger partial charge is 0.164 e. The normalized spacial score (nSPS) is 13.6. The second-order valence-electron chi connectivity index (χ2n) is 14.9. The van der Waals surface area contributed by atoms with E-state index < -0.39 is 0 Å². The third kappa shape index (κ3) is 7.85. The minimum Gasteiger partial charge on any atom is -0.228 e. The molecular weight excluding hydrogens is 731 g/mol. The SMILES string of the molecule is C1=C(c2ccccc2)C=C(c2nc(-c3ccccc3)cc(-c3cccc(-c4cccc(-c5nc(-c6ccccc6)nc(-c6ccccc6)n5)c4)c3)n2)CC1c1ccccc1. The molecule has 0 amide bonds. The van der Waals surface area contributed by atoms with Crippen LogP contribution in [-0.2, 0) is 0 Å². The minimum atomic E-state index is 0.182. The summed E-state index contributed by atoms with van der Waals surface area (Å²) in [6.07, 6.45) is 5.45. The zero-order valence-electron chi connectivity index (χ0n) is 32.8. The van der Waals surface area contributed by atoms with Gasteiger partial charge in [0.25, 0.3) is 0 Å². The molecule has 5 heteroatoms. The summed E-state index contributed by atoms with van der Waals surface area (Å²) in [6, 6.07) is 71.0. The average molecular weight is 770 g/mol. The third-order valence-corrected chi connectivity index (χ3v) is 10.9. The van der Waals surface area contributed by atoms with Crippen molar-refractivity contribution in [1.82, 2.24) is 24.9 Å². The molecule has 9 aromatic rings. The fourth-order valence-corrected chi connectivity index (χ4v) is 7.82. The molecule has 284 valence electrons. The molecule has 5 nitrogen and oxygen atoms in total. The maximum atomic E-state index is 5.35. The number of benzene rings is 7. The Labute approximate surface area is 350 Å². The van der Waals surface area contributed by atoms with Gasteiger partial charge >= 0.3 is 0 Å². The standard InChI is InChI=1S/C55H39N5/c1-6-18-38(19-7-1)47-34-48(39-20-8-2-9-21-39)36-49(35-47)55-56-50(40-22-10-3-11-23-40)37-51(57-55)45-30-16-28-43(32-45)44-29-17-31-46(33-44)54-59-52(41-24-12-4-13-25-41)58-53(60-54)42-26-14-5-15-27-42/h1-35,37,48H,36H2. The topological polar surface area (TPSA) is 64.5 Å². The van der Waals surface area contributed by atoms with Gasteiger partial charge in [0.2, 0.25) is 0 Å². The molecule has 1 unspecified atom stereocenters. The molecule has 2 heterocycles. The van der Waals surface area contributed by atoms with Gasteiger partial charge in [-0.25, -0.2) is 24.9 Å². The van der Waals surface area contributed by atoms with Crippen LogP contribution in [0.5, 0.6) is 0 Å². The Balaban J connectivity index is 1.05. The molecule has 0 spiro atoms. The van der Waals surface area contributed by atoms with Crippen LogP contribution in [0.3, 0.4) is 0 Å². The first-order valence-electron chi connectivity index (χ1n) is 20.3. The molecule has 0 fully saturated rings. The Morgan fingerprint density at radius 1 is 0.317 bits per heavy atom. The van der Waals surface area contributed by atoms with Crippen LogP contribution < -0.4 is 0 Å². The number of nitrogens with zero attached hydrogens (tertiary/aromatic N) is 5. The lowest BCUT2D eigenvalue weighted by Gasteiger charge is -2.23. The molecule has 0 radical (unpaired) electrons. The fraction of sp³-hybridized carbons (Fsp3) is 0.0364. The van der Waals surface area contributed by atoms with Gasteiger partial charge in [-0.2, -0.15) is 0 Å². The summed E-state index contributed by atoms with van der Waals surface area (Å²) in [4.78, 5) is 25.5. The van der Waals surface area contributed by atoms with Crippen LogP contribution in [0.1, 0.15) is 29.3 Å². The van der Waals surface area contributed by atoms with Crippen LogP contribution in [0, 0.1) is 0 Å². The molecule has 0 aliphatic heterocycles. The van der Waals surface area contributed by atoms with Gasteiger partial charge in [-0.1, -0.05) is 194 Å². The van der Waals surface area contributed by atoms with Crippen molar-refractivity contribution in [3.8, 4) is 67.8 Å². The van der Waals surface area contributed by atoms with E-state index in [2.05, 4.69) is 152 Å². The van der Waals surface area contributed by atoms with Gasteiger partial charge in [0.05, 0.1) is 11.4 Å². The predicted octanol–water partition coefficient (Wildman–Crippen LogP) is 13.3. The second kappa shape index (κ2) is 16.5. The van der Waals surface area contributed by atoms with Crippen molar-refractivity contribution in [2.45, 2.75) is 12.3 Å². The largest absolute Gasteiger partial charge is 0.228 e. The van der Waals surface area contributed by atoms with Crippen molar-refractivity contribution < 1.29 is 0 Å². The Kier molecular flexibility index (Phi) is 10.0. The minimum absolute atomic E-state index is 0.182. The van der Waals surface area contributed by atoms with Crippen LogP contribution >= 0.6 is 0 Å². The summed E-state index contributed by atoms with van der Waals surface area (Å²) in [5, 5.41) is 0. The quantitative estimate of drug-likeness (QED) is 0.146. The van der Waals surface area contributed by atoms with Gasteiger partial charge in [-0.3, -0.25) is 0 Å². The fourth-order valence-electron chi connectivity index (χ4n) is 7.82. The van der Waals surface area contributed by atoms with E-state index in [1.54, 1.807) is 0 Å². The zero-order valence-corrected chi connectivity index (χ0v) is 32.8. The molecule has 7 aromatic carbocycles. The highest BCUT2D eigenvalue weighted by molar-refractivity contribution is 5.87. The van der Waals surface area contributed by atoms with E-state index in [0.717, 1.165) is 68.2 Å². The molecule has 1 atom stereocenters. The summed E-state index contributed by atoms with van der Waals surface area (Å²) in [7, 11) is 0.